The number of halogens is 4. The summed E-state index contributed by atoms with van der Waals surface area (Å²) < 4.78 is 73.1. The summed E-state index contributed by atoms with van der Waals surface area (Å²) in [5.74, 6) is 0.552. The summed E-state index contributed by atoms with van der Waals surface area (Å²) in [5, 5.41) is 51.2. The Morgan fingerprint density at radius 3 is 1.13 bits per heavy atom. The SMILES string of the molecule is O=c1c2cc(Cc3ccc(-c4cncc(F)c4)nc3)c3ccccc3c2ncn1[C@H]1CCOC[C@@H]1O.O=c1c2cc(Cc3ccc(N4CCOCC4)nc3)c3ccccc3c2ncn1[C@H]1CCOC[C@@H]1O.O=c1c2cc(Cc3ccnc(C(F)F)c3)c3ccccc3c2ncn1[C@H]1CCOC[C@@H]1O.O=c1c2cc(Cc3cnc(Cl)s3)c3ccccc3c2ncn1[C@H]1CCOC[C@@H]1O. The van der Waals surface area contributed by atoms with Crippen molar-refractivity contribution in [1.29, 1.82) is 0 Å². The molecule has 0 amide bonds. The quantitative estimate of drug-likeness (QED) is 0.0693. The zero-order chi connectivity index (χ0) is 90.6. The van der Waals surface area contributed by atoms with Crippen molar-refractivity contribution < 1.29 is 57.3 Å². The van der Waals surface area contributed by atoms with Crippen molar-refractivity contribution in [2.24, 2.45) is 0 Å². The normalized spacial score (nSPS) is 19.5. The number of thiazole rings is 1. The number of benzene rings is 8. The fraction of sp³-hybridized carbons (Fsp3) is 0.290. The van der Waals surface area contributed by atoms with Gasteiger partial charge in [-0.3, -0.25) is 52.4 Å². The van der Waals surface area contributed by atoms with E-state index >= 15 is 0 Å². The average molecular weight is 1820 g/mol. The molecule has 0 aliphatic carbocycles. The standard InChI is InChI=1S/C28H23FN4O3.C27H28N4O4.C24H21F2N3O3.C21H18ClN3O3S/c29-20-10-19(13-30-14-20)24-6-5-17(12-31-24)9-18-11-23-27(22-4-2-1-3-21(18)22)32-16-33(28(23)35)25-7-8-36-15-26(25)34;32-24-16-35-10-7-23(24)31-17-29-26-21-4-2-1-3-20(21)19(14-22(26)27(31)33)13-18-5-6-25(28-15-18)30-8-11-34-12-9-30;25-23(26)19-10-14(5-7-27-19)9-15-11-18-22(17-4-2-1-3-16(15)17)28-13-29(24(18)31)20-6-8-32-12-21(20)30;22-21-23-9-13(29-21)7-12-8-16-19(15-4-2-1-3-14(12)15)24-11-25(20(16)27)17-5-6-28-10-18(17)26/h1-6,10-14,16,25-26,34H,7-9,15H2;1-6,14-15,17,23-24,32H,7-13,16H2;1-5,7,10-11,13,20-21,23,30H,6,8-9,12H2;1-4,8-9,11,17-18,26H,5-7,10H2/t25-,26-;23-,24-;20-,21-;17-,18-/m0000/s1. The number of morpholine rings is 1. The summed E-state index contributed by atoms with van der Waals surface area (Å²) in [4.78, 5) is 96.7. The highest BCUT2D eigenvalue weighted by molar-refractivity contribution is 7.15. The first kappa shape index (κ1) is 88.4. The van der Waals surface area contributed by atoms with E-state index in [0.29, 0.717) is 143 Å². The van der Waals surface area contributed by atoms with E-state index in [1.807, 2.05) is 128 Å². The zero-order valence-corrected chi connectivity index (χ0v) is 72.9. The van der Waals surface area contributed by atoms with Gasteiger partial charge < -0.3 is 49.0 Å². The molecule has 32 heteroatoms. The number of anilines is 1. The van der Waals surface area contributed by atoms with Crippen LogP contribution in [0.2, 0.25) is 4.47 Å². The highest BCUT2D eigenvalue weighted by Crippen LogP contribution is 2.37. The number of aromatic nitrogens is 13. The second-order valence-corrected chi connectivity index (χ2v) is 35.2. The Morgan fingerprint density at radius 1 is 0.386 bits per heavy atom. The van der Waals surface area contributed by atoms with Crippen LogP contribution < -0.4 is 27.1 Å². The maximum absolute atomic E-state index is 13.6. The molecule has 5 aliphatic heterocycles. The number of hydrogen-bond donors (Lipinski definition) is 4. The van der Waals surface area contributed by atoms with Gasteiger partial charge in [-0.1, -0.05) is 121 Å². The van der Waals surface area contributed by atoms with Crippen LogP contribution in [0.1, 0.15) is 106 Å². The number of fused-ring (bicyclic) bond motifs is 12. The zero-order valence-electron chi connectivity index (χ0n) is 71.3. The summed E-state index contributed by atoms with van der Waals surface area (Å²) in [6, 6.07) is 50.1. The van der Waals surface area contributed by atoms with Gasteiger partial charge in [0, 0.05) is 109 Å². The van der Waals surface area contributed by atoms with Crippen LogP contribution in [0.5, 0.6) is 0 Å². The van der Waals surface area contributed by atoms with E-state index in [4.69, 9.17) is 40.3 Å². The van der Waals surface area contributed by atoms with Crippen LogP contribution in [0, 0.1) is 5.82 Å². The molecule has 5 saturated heterocycles. The lowest BCUT2D eigenvalue weighted by atomic mass is 9.96. The van der Waals surface area contributed by atoms with Crippen molar-refractivity contribution in [1.82, 2.24) is 63.1 Å². The third-order valence-corrected chi connectivity index (χ3v) is 26.3. The third kappa shape index (κ3) is 18.5. The molecule has 0 spiro atoms. The van der Waals surface area contributed by atoms with Gasteiger partial charge in [-0.15, -0.1) is 11.3 Å². The van der Waals surface area contributed by atoms with Crippen molar-refractivity contribution in [2.45, 2.75) is 106 Å². The van der Waals surface area contributed by atoms with Gasteiger partial charge in [0.2, 0.25) is 0 Å². The van der Waals surface area contributed by atoms with Gasteiger partial charge in [0.05, 0.1) is 169 Å². The second kappa shape index (κ2) is 39.3. The molecule has 5 fully saturated rings. The number of alkyl halides is 2. The number of rotatable bonds is 15. The Kier molecular flexibility index (Phi) is 26.3. The van der Waals surface area contributed by atoms with Gasteiger partial charge in [0.25, 0.3) is 28.7 Å². The van der Waals surface area contributed by atoms with Gasteiger partial charge in [-0.25, -0.2) is 43.1 Å². The fourth-order valence-electron chi connectivity index (χ4n) is 18.6. The summed E-state index contributed by atoms with van der Waals surface area (Å²) >= 11 is 7.43. The van der Waals surface area contributed by atoms with Gasteiger partial charge >= 0.3 is 0 Å². The summed E-state index contributed by atoms with van der Waals surface area (Å²) in [5.41, 5.74) is 9.48. The lowest BCUT2D eigenvalue weighted by Crippen LogP contribution is -2.39. The van der Waals surface area contributed by atoms with Crippen molar-refractivity contribution in [3.8, 4) is 11.3 Å². The number of nitrogens with zero attached hydrogens (tertiary/aromatic N) is 14. The number of hydrogen-bond acceptors (Lipinski definition) is 24. The van der Waals surface area contributed by atoms with E-state index < -0.39 is 42.7 Å². The first-order chi connectivity index (χ1) is 64.4. The van der Waals surface area contributed by atoms with E-state index in [9.17, 15) is 52.8 Å². The van der Waals surface area contributed by atoms with Gasteiger partial charge in [-0.2, -0.15) is 0 Å². The number of aliphatic hydroxyl groups is 4. The third-order valence-electron chi connectivity index (χ3n) is 25.2. The summed E-state index contributed by atoms with van der Waals surface area (Å²) in [6.45, 7) is 5.96. The highest BCUT2D eigenvalue weighted by Gasteiger charge is 2.33. The molecule has 8 aromatic carbocycles. The van der Waals surface area contributed by atoms with Crippen LogP contribution >= 0.6 is 22.9 Å². The monoisotopic (exact) mass is 1820 g/mol. The van der Waals surface area contributed by atoms with Crippen LogP contribution in [-0.4, -0.2) is 187 Å². The predicted octanol–water partition coefficient (Wildman–Crippen LogP) is 14.1. The Morgan fingerprint density at radius 2 is 0.773 bits per heavy atom. The minimum Gasteiger partial charge on any atom is -0.389 e. The van der Waals surface area contributed by atoms with Crippen LogP contribution in [-0.2, 0) is 49.4 Å². The maximum Gasteiger partial charge on any atom is 0.280 e. The average Bonchev–Trinajstić information content (AvgIpc) is 0.881. The molecule has 5 aliphatic rings. The van der Waals surface area contributed by atoms with E-state index in [1.54, 1.807) is 58.8 Å². The summed E-state index contributed by atoms with van der Waals surface area (Å²) in [6.07, 6.45) is 14.5. The van der Waals surface area contributed by atoms with E-state index in [1.165, 1.54) is 45.1 Å². The molecule has 0 unspecified atom stereocenters. The van der Waals surface area contributed by atoms with E-state index in [2.05, 4.69) is 63.0 Å². The molecular formula is C100H90ClF3N14O13S. The molecule has 8 atom stereocenters. The summed E-state index contributed by atoms with van der Waals surface area (Å²) in [7, 11) is 0. The van der Waals surface area contributed by atoms with Crippen LogP contribution in [0.4, 0.5) is 19.0 Å². The molecule has 14 heterocycles. The Hall–Kier alpha value is -12.9. The molecule has 132 heavy (non-hydrogen) atoms. The van der Waals surface area contributed by atoms with Gasteiger partial charge in [-0.05, 0) is 160 Å². The van der Waals surface area contributed by atoms with Crippen LogP contribution in [0.25, 0.3) is 98.0 Å². The van der Waals surface area contributed by atoms with E-state index in [-0.39, 0.29) is 72.5 Å². The first-order valence-corrected chi connectivity index (χ1v) is 45.0. The highest BCUT2D eigenvalue weighted by atomic mass is 35.5. The smallest absolute Gasteiger partial charge is 0.280 e. The Bertz CT molecular complexity index is 7420. The molecule has 17 aromatic rings. The van der Waals surface area contributed by atoms with Crippen molar-refractivity contribution in [3.63, 3.8) is 0 Å². The van der Waals surface area contributed by atoms with Crippen molar-refractivity contribution in [3.05, 3.63) is 327 Å². The lowest BCUT2D eigenvalue weighted by molar-refractivity contribution is -0.0395. The molecule has 672 valence electrons. The van der Waals surface area contributed by atoms with Gasteiger partial charge in [0.15, 0.2) is 4.47 Å². The Labute approximate surface area is 760 Å². The van der Waals surface area contributed by atoms with E-state index in [0.717, 1.165) is 120 Å². The Balaban J connectivity index is 0.000000114. The molecule has 9 aromatic heterocycles. The molecular weight excluding hydrogens is 1730 g/mol. The topological polar surface area (TPSA) is 334 Å². The minimum absolute atomic E-state index is 0.131. The largest absolute Gasteiger partial charge is 0.389 e. The van der Waals surface area contributed by atoms with Gasteiger partial charge in [0.1, 0.15) is 17.3 Å². The second-order valence-electron chi connectivity index (χ2n) is 33.5. The predicted molar refractivity (Wildman–Crippen MR) is 498 cm³/mol. The van der Waals surface area contributed by atoms with Crippen molar-refractivity contribution >= 4 is 115 Å². The maximum atomic E-state index is 13.6. The number of aliphatic hydroxyl groups excluding tert-OH is 4. The fourth-order valence-corrected chi connectivity index (χ4v) is 19.6. The first-order valence-electron chi connectivity index (χ1n) is 43.8. The van der Waals surface area contributed by atoms with Crippen molar-refractivity contribution in [2.75, 3.05) is 84.1 Å². The molecule has 0 radical (unpaired) electrons. The number of ether oxygens (including phenoxy) is 5. The molecule has 27 nitrogen and oxygen atoms in total. The molecule has 0 bridgehead atoms. The molecule has 0 saturated carbocycles. The van der Waals surface area contributed by atoms with Crippen LogP contribution in [0.15, 0.2) is 245 Å². The molecule has 4 N–H and O–H groups in total. The lowest BCUT2D eigenvalue weighted by Gasteiger charge is -2.29. The molecule has 22 rings (SSSR count). The van der Waals surface area contributed by atoms with Crippen LogP contribution in [0.3, 0.4) is 0 Å². The minimum atomic E-state index is -2.65. The number of pyridine rings is 4.